The summed E-state index contributed by atoms with van der Waals surface area (Å²) in [6.45, 7) is 4.97. The van der Waals surface area contributed by atoms with Crippen molar-refractivity contribution in [3.63, 3.8) is 0 Å². The summed E-state index contributed by atoms with van der Waals surface area (Å²) in [6, 6.07) is 5.62. The third-order valence-electron chi connectivity index (χ3n) is 2.74. The van der Waals surface area contributed by atoms with Crippen molar-refractivity contribution in [1.29, 1.82) is 0 Å². The van der Waals surface area contributed by atoms with Crippen molar-refractivity contribution in [1.82, 2.24) is 5.32 Å². The fourth-order valence-electron chi connectivity index (χ4n) is 1.65. The van der Waals surface area contributed by atoms with Crippen LogP contribution in [0.5, 0.6) is 5.75 Å². The average Bonchev–Trinajstić information content (AvgIpc) is 2.52. The second-order valence-electron chi connectivity index (χ2n) is 4.61. The Balaban J connectivity index is 2.59. The summed E-state index contributed by atoms with van der Waals surface area (Å²) in [5.41, 5.74) is 1.06. The number of ether oxygens (including phenoxy) is 3. The van der Waals surface area contributed by atoms with E-state index in [1.807, 2.05) is 19.1 Å². The Kier molecular flexibility index (Phi) is 7.59. The van der Waals surface area contributed by atoms with Crippen LogP contribution in [0.1, 0.15) is 19.4 Å². The lowest BCUT2D eigenvalue weighted by Gasteiger charge is -2.16. The van der Waals surface area contributed by atoms with Gasteiger partial charge in [-0.05, 0) is 32.9 Å². The summed E-state index contributed by atoms with van der Waals surface area (Å²) < 4.78 is 14.8. The number of hydrogen-bond donors (Lipinski definition) is 1. The molecule has 0 atom stereocenters. The predicted octanol–water partition coefficient (Wildman–Crippen LogP) is 0.985. The first-order valence-electron chi connectivity index (χ1n) is 7.30. The van der Waals surface area contributed by atoms with Crippen LogP contribution in [0.2, 0.25) is 0 Å². The minimum absolute atomic E-state index is 0.0878. The van der Waals surface area contributed by atoms with Gasteiger partial charge >= 0.3 is 11.9 Å². The normalized spacial score (nSPS) is 10.1. The number of benzene rings is 1. The van der Waals surface area contributed by atoms with E-state index in [4.69, 9.17) is 14.2 Å². The number of aryl methyl sites for hydroxylation is 1. The number of esters is 2. The second-order valence-corrected chi connectivity index (χ2v) is 4.61. The molecule has 0 radical (unpaired) electrons. The van der Waals surface area contributed by atoms with Crippen molar-refractivity contribution in [2.24, 2.45) is 0 Å². The van der Waals surface area contributed by atoms with Gasteiger partial charge in [-0.15, -0.1) is 0 Å². The predicted molar refractivity (Wildman–Crippen MR) is 81.9 cm³/mol. The molecular weight excluding hydrogens is 302 g/mol. The van der Waals surface area contributed by atoms with Gasteiger partial charge in [0.1, 0.15) is 5.75 Å². The highest BCUT2D eigenvalue weighted by Crippen LogP contribution is 2.11. The van der Waals surface area contributed by atoms with Gasteiger partial charge in [-0.2, -0.15) is 0 Å². The van der Waals surface area contributed by atoms with Gasteiger partial charge in [0.25, 0.3) is 5.91 Å². The van der Waals surface area contributed by atoms with Gasteiger partial charge in [0.05, 0.1) is 13.2 Å². The maximum absolute atomic E-state index is 11.9. The number of amides is 1. The zero-order valence-electron chi connectivity index (χ0n) is 13.5. The van der Waals surface area contributed by atoms with Gasteiger partial charge in [0.15, 0.2) is 6.61 Å². The molecule has 0 saturated heterocycles. The largest absolute Gasteiger partial charge is 0.484 e. The number of carbonyl (C=O) groups is 3. The van der Waals surface area contributed by atoms with Crippen LogP contribution in [0.4, 0.5) is 0 Å². The van der Waals surface area contributed by atoms with Crippen LogP contribution in [0.25, 0.3) is 0 Å². The Hall–Kier alpha value is -2.57. The molecule has 0 bridgehead atoms. The maximum Gasteiger partial charge on any atom is 0.340 e. The molecule has 0 unspecified atom stereocenters. The zero-order valence-corrected chi connectivity index (χ0v) is 13.5. The van der Waals surface area contributed by atoms with Crippen LogP contribution in [-0.2, 0) is 23.9 Å². The lowest BCUT2D eigenvalue weighted by Crippen LogP contribution is -2.49. The molecule has 0 aliphatic heterocycles. The molecule has 0 heterocycles. The quantitative estimate of drug-likeness (QED) is 0.566. The summed E-state index contributed by atoms with van der Waals surface area (Å²) in [7, 11) is 0. The van der Waals surface area contributed by atoms with Crippen molar-refractivity contribution >= 4 is 17.8 Å². The first kappa shape index (κ1) is 18.5. The molecule has 126 valence electrons. The summed E-state index contributed by atoms with van der Waals surface area (Å²) in [4.78, 5) is 35.3. The molecule has 0 aliphatic rings. The third kappa shape index (κ3) is 6.37. The van der Waals surface area contributed by atoms with E-state index >= 15 is 0 Å². The Morgan fingerprint density at radius 2 is 1.52 bits per heavy atom. The van der Waals surface area contributed by atoms with E-state index in [1.54, 1.807) is 26.0 Å². The van der Waals surface area contributed by atoms with Gasteiger partial charge in [-0.3, -0.25) is 4.79 Å². The van der Waals surface area contributed by atoms with Crippen LogP contribution < -0.4 is 10.1 Å². The monoisotopic (exact) mass is 323 g/mol. The number of rotatable bonds is 8. The molecule has 1 aromatic rings. The van der Waals surface area contributed by atoms with Crippen LogP contribution in [0.3, 0.4) is 0 Å². The van der Waals surface area contributed by atoms with Gasteiger partial charge in [-0.25, -0.2) is 9.59 Å². The molecule has 0 aliphatic carbocycles. The van der Waals surface area contributed by atoms with E-state index in [0.29, 0.717) is 5.75 Å². The van der Waals surface area contributed by atoms with E-state index in [2.05, 4.69) is 5.32 Å². The van der Waals surface area contributed by atoms with E-state index < -0.39 is 23.9 Å². The highest BCUT2D eigenvalue weighted by Gasteiger charge is 2.31. The number of carbonyl (C=O) groups excluding carboxylic acids is 3. The SMILES string of the molecule is CCOC(=O)C(NC(=O)COc1ccc(C)cc1)C(=O)OCC. The first-order chi connectivity index (χ1) is 11.0. The van der Waals surface area contributed by atoms with Gasteiger partial charge in [0.2, 0.25) is 6.04 Å². The van der Waals surface area contributed by atoms with Crippen LogP contribution in [-0.4, -0.2) is 43.7 Å². The maximum atomic E-state index is 11.9. The van der Waals surface area contributed by atoms with Gasteiger partial charge in [-0.1, -0.05) is 17.7 Å². The molecule has 7 heteroatoms. The molecule has 1 N–H and O–H groups in total. The standard InChI is InChI=1S/C16H21NO6/c1-4-21-15(19)14(16(20)22-5-2)17-13(18)10-23-12-8-6-11(3)7-9-12/h6-9,14H,4-5,10H2,1-3H3,(H,17,18). The minimum atomic E-state index is -1.50. The smallest absolute Gasteiger partial charge is 0.340 e. The van der Waals surface area contributed by atoms with Crippen molar-refractivity contribution in [3.05, 3.63) is 29.8 Å². The third-order valence-corrected chi connectivity index (χ3v) is 2.74. The molecule has 1 aromatic carbocycles. The van der Waals surface area contributed by atoms with E-state index in [9.17, 15) is 14.4 Å². The molecule has 0 aromatic heterocycles. The summed E-state index contributed by atoms with van der Waals surface area (Å²) in [5.74, 6) is -1.85. The Bertz CT molecular complexity index is 522. The van der Waals surface area contributed by atoms with Crippen molar-refractivity contribution < 1.29 is 28.6 Å². The molecule has 1 rings (SSSR count). The molecule has 1 amide bonds. The topological polar surface area (TPSA) is 90.9 Å². The minimum Gasteiger partial charge on any atom is -0.484 e. The summed E-state index contributed by atoms with van der Waals surface area (Å²) in [6.07, 6.45) is 0. The van der Waals surface area contributed by atoms with Crippen LogP contribution >= 0.6 is 0 Å². The number of hydrogen-bond acceptors (Lipinski definition) is 6. The summed E-state index contributed by atoms with van der Waals surface area (Å²) in [5, 5.41) is 2.25. The zero-order chi connectivity index (χ0) is 17.2. The van der Waals surface area contributed by atoms with Crippen molar-refractivity contribution in [2.75, 3.05) is 19.8 Å². The molecule has 7 nitrogen and oxygen atoms in total. The first-order valence-corrected chi connectivity index (χ1v) is 7.30. The average molecular weight is 323 g/mol. The second kappa shape index (κ2) is 9.45. The highest BCUT2D eigenvalue weighted by molar-refractivity contribution is 6.02. The Labute approximate surface area is 134 Å². The van der Waals surface area contributed by atoms with Crippen LogP contribution in [0.15, 0.2) is 24.3 Å². The summed E-state index contributed by atoms with van der Waals surface area (Å²) >= 11 is 0. The van der Waals surface area contributed by atoms with Crippen molar-refractivity contribution in [3.8, 4) is 5.75 Å². The Morgan fingerprint density at radius 1 is 1.00 bits per heavy atom. The molecule has 0 spiro atoms. The van der Waals surface area contributed by atoms with Gasteiger partial charge in [0, 0.05) is 0 Å². The number of nitrogens with one attached hydrogen (secondary N) is 1. The lowest BCUT2D eigenvalue weighted by atomic mass is 10.2. The van der Waals surface area contributed by atoms with Crippen molar-refractivity contribution in [2.45, 2.75) is 26.8 Å². The fraction of sp³-hybridized carbons (Fsp3) is 0.438. The van der Waals surface area contributed by atoms with E-state index in [0.717, 1.165) is 5.56 Å². The van der Waals surface area contributed by atoms with Crippen LogP contribution in [0, 0.1) is 6.92 Å². The molecule has 0 fully saturated rings. The van der Waals surface area contributed by atoms with E-state index in [-0.39, 0.29) is 19.8 Å². The highest BCUT2D eigenvalue weighted by atomic mass is 16.6. The molecular formula is C16H21NO6. The van der Waals surface area contributed by atoms with E-state index in [1.165, 1.54) is 0 Å². The lowest BCUT2D eigenvalue weighted by molar-refractivity contribution is -0.159. The Morgan fingerprint density at radius 3 is 2.00 bits per heavy atom. The van der Waals surface area contributed by atoms with Gasteiger partial charge < -0.3 is 19.5 Å². The fourth-order valence-corrected chi connectivity index (χ4v) is 1.65. The molecule has 23 heavy (non-hydrogen) atoms. The molecule has 0 saturated carbocycles.